The highest BCUT2D eigenvalue weighted by molar-refractivity contribution is 8.21. The molecule has 1 saturated carbocycles. The van der Waals surface area contributed by atoms with Gasteiger partial charge in [-0.3, -0.25) is 14.4 Å². The third-order valence-electron chi connectivity index (χ3n) is 6.47. The van der Waals surface area contributed by atoms with Gasteiger partial charge in [0, 0.05) is 42.5 Å². The van der Waals surface area contributed by atoms with Gasteiger partial charge in [0.05, 0.1) is 6.54 Å². The Morgan fingerprint density at radius 2 is 1.81 bits per heavy atom. The second kappa shape index (κ2) is 10.3. The van der Waals surface area contributed by atoms with Gasteiger partial charge < -0.3 is 15.5 Å². The minimum Gasteiger partial charge on any atom is -0.354 e. The van der Waals surface area contributed by atoms with Gasteiger partial charge in [0.2, 0.25) is 17.7 Å². The lowest BCUT2D eigenvalue weighted by Gasteiger charge is -2.48. The quantitative estimate of drug-likeness (QED) is 0.652. The Morgan fingerprint density at radius 3 is 2.55 bits per heavy atom. The highest BCUT2D eigenvalue weighted by atomic mass is 32.2. The van der Waals surface area contributed by atoms with E-state index >= 15 is 0 Å². The molecule has 2 heterocycles. The Labute approximate surface area is 192 Å². The molecule has 0 unspecified atom stereocenters. The molecule has 1 aromatic carbocycles. The van der Waals surface area contributed by atoms with Crippen LogP contribution in [0.4, 0.5) is 0 Å². The molecule has 2 aliphatic heterocycles. The Bertz CT molecular complexity index is 793. The molecule has 1 aliphatic carbocycles. The maximum Gasteiger partial charge on any atom is 0.243 e. The summed E-state index contributed by atoms with van der Waals surface area (Å²) in [6, 6.07) is 10.3. The van der Waals surface area contributed by atoms with Crippen LogP contribution >= 0.6 is 23.5 Å². The van der Waals surface area contributed by atoms with E-state index in [-0.39, 0.29) is 40.3 Å². The van der Waals surface area contributed by atoms with Gasteiger partial charge >= 0.3 is 0 Å². The first-order chi connectivity index (χ1) is 15.1. The minimum absolute atomic E-state index is 0.00504. The molecule has 3 fully saturated rings. The first-order valence-corrected chi connectivity index (χ1v) is 13.3. The summed E-state index contributed by atoms with van der Waals surface area (Å²) in [5.74, 6) is 2.17. The summed E-state index contributed by atoms with van der Waals surface area (Å²) in [6.07, 6.45) is 5.07. The van der Waals surface area contributed by atoms with Crippen LogP contribution in [0.2, 0.25) is 0 Å². The van der Waals surface area contributed by atoms with Crippen LogP contribution in [0.25, 0.3) is 0 Å². The highest BCUT2D eigenvalue weighted by Gasteiger charge is 2.46. The predicted octanol–water partition coefficient (Wildman–Crippen LogP) is 2.53. The summed E-state index contributed by atoms with van der Waals surface area (Å²) >= 11 is 3.42. The van der Waals surface area contributed by atoms with Crippen LogP contribution in [-0.4, -0.2) is 64.4 Å². The third-order valence-corrected chi connectivity index (χ3v) is 9.46. The van der Waals surface area contributed by atoms with Gasteiger partial charge in [0.1, 0.15) is 4.58 Å². The Morgan fingerprint density at radius 1 is 1.06 bits per heavy atom. The van der Waals surface area contributed by atoms with Crippen molar-refractivity contribution in [3.8, 4) is 0 Å². The molecule has 0 bridgehead atoms. The van der Waals surface area contributed by atoms with Gasteiger partial charge in [0.15, 0.2) is 0 Å². The van der Waals surface area contributed by atoms with Crippen LogP contribution in [0.5, 0.6) is 0 Å². The van der Waals surface area contributed by atoms with Crippen molar-refractivity contribution in [3.05, 3.63) is 35.9 Å². The van der Waals surface area contributed by atoms with Gasteiger partial charge in [-0.15, -0.1) is 23.5 Å². The molecule has 31 heavy (non-hydrogen) atoms. The van der Waals surface area contributed by atoms with Crippen molar-refractivity contribution in [2.24, 2.45) is 0 Å². The van der Waals surface area contributed by atoms with E-state index in [4.69, 9.17) is 0 Å². The zero-order valence-corrected chi connectivity index (χ0v) is 19.4. The number of thioether (sulfide) groups is 2. The Balaban J connectivity index is 1.33. The molecule has 4 rings (SSSR count). The van der Waals surface area contributed by atoms with Gasteiger partial charge in [0.25, 0.3) is 0 Å². The first-order valence-electron chi connectivity index (χ1n) is 11.2. The van der Waals surface area contributed by atoms with Crippen molar-refractivity contribution in [2.45, 2.75) is 54.6 Å². The molecule has 3 amide bonds. The van der Waals surface area contributed by atoms with E-state index < -0.39 is 0 Å². The second-order valence-electron chi connectivity index (χ2n) is 8.74. The van der Waals surface area contributed by atoms with Crippen LogP contribution in [-0.2, 0) is 19.8 Å². The normalized spacial score (nSPS) is 26.8. The van der Waals surface area contributed by atoms with E-state index in [1.54, 1.807) is 28.4 Å². The topological polar surface area (TPSA) is 78.5 Å². The Hall–Kier alpha value is -1.67. The number of carbonyl (C=O) groups excluding carboxylic acids is 3. The molecule has 0 atom stereocenters. The predicted molar refractivity (Wildman–Crippen MR) is 126 cm³/mol. The van der Waals surface area contributed by atoms with Gasteiger partial charge in [-0.25, -0.2) is 0 Å². The summed E-state index contributed by atoms with van der Waals surface area (Å²) in [4.78, 5) is 39.0. The van der Waals surface area contributed by atoms with Crippen LogP contribution in [0.3, 0.4) is 0 Å². The highest BCUT2D eigenvalue weighted by Crippen LogP contribution is 2.43. The van der Waals surface area contributed by atoms with Gasteiger partial charge in [-0.05, 0) is 31.2 Å². The molecule has 2 N–H and O–H groups in total. The average molecular weight is 462 g/mol. The molecule has 8 heteroatoms. The molecule has 168 valence electrons. The molecular weight excluding hydrogens is 430 g/mol. The molecule has 0 aromatic heterocycles. The fourth-order valence-corrected chi connectivity index (χ4v) is 7.39. The lowest BCUT2D eigenvalue weighted by atomic mass is 9.61. The van der Waals surface area contributed by atoms with Crippen molar-refractivity contribution in [2.75, 3.05) is 31.1 Å². The standard InChI is InChI=1S/C23H31N3O3S2/c27-19(15-26-10-6-2-5-9-20(26)28)25-18-13-23(14-18,17-7-3-1-4-8-17)16-24-21(29)22-30-11-12-31-22/h1,3-4,7-8,18,22H,2,5-6,9-16H2,(H,24,29)(H,25,27). The molecule has 2 saturated heterocycles. The van der Waals surface area contributed by atoms with Crippen molar-refractivity contribution in [1.29, 1.82) is 0 Å². The first kappa shape index (κ1) is 22.5. The molecule has 0 radical (unpaired) electrons. The number of likely N-dealkylation sites (tertiary alicyclic amines) is 1. The SMILES string of the molecule is O=C(CN1CCCCCC1=O)NC1CC(CNC(=O)C2SCCS2)(c2ccccc2)C1. The second-order valence-corrected chi connectivity index (χ2v) is 11.5. The molecule has 0 spiro atoms. The van der Waals surface area contributed by atoms with Gasteiger partial charge in [-0.1, -0.05) is 36.8 Å². The van der Waals surface area contributed by atoms with E-state index in [0.717, 1.165) is 43.6 Å². The van der Waals surface area contributed by atoms with Crippen molar-refractivity contribution >= 4 is 41.2 Å². The maximum absolute atomic E-state index is 12.6. The summed E-state index contributed by atoms with van der Waals surface area (Å²) in [5, 5.41) is 6.29. The Kier molecular flexibility index (Phi) is 7.48. The molecule has 6 nitrogen and oxygen atoms in total. The van der Waals surface area contributed by atoms with Crippen molar-refractivity contribution in [1.82, 2.24) is 15.5 Å². The van der Waals surface area contributed by atoms with E-state index in [9.17, 15) is 14.4 Å². The zero-order chi connectivity index (χ0) is 21.7. The summed E-state index contributed by atoms with van der Waals surface area (Å²) < 4.78 is -0.00504. The van der Waals surface area contributed by atoms with E-state index in [2.05, 4.69) is 22.8 Å². The number of carbonyl (C=O) groups is 3. The summed E-state index contributed by atoms with van der Waals surface area (Å²) in [6.45, 7) is 1.42. The monoisotopic (exact) mass is 461 g/mol. The maximum atomic E-state index is 12.6. The number of nitrogens with zero attached hydrogens (tertiary/aromatic N) is 1. The smallest absolute Gasteiger partial charge is 0.243 e. The minimum atomic E-state index is -0.152. The lowest BCUT2D eigenvalue weighted by molar-refractivity contribution is -0.136. The number of hydrogen-bond donors (Lipinski definition) is 2. The lowest BCUT2D eigenvalue weighted by Crippen LogP contribution is -2.59. The number of amides is 3. The van der Waals surface area contributed by atoms with Crippen LogP contribution < -0.4 is 10.6 Å². The van der Waals surface area contributed by atoms with Crippen LogP contribution in [0.1, 0.15) is 44.1 Å². The number of hydrogen-bond acceptors (Lipinski definition) is 5. The summed E-state index contributed by atoms with van der Waals surface area (Å²) in [7, 11) is 0. The van der Waals surface area contributed by atoms with Crippen LogP contribution in [0.15, 0.2) is 30.3 Å². The molecular formula is C23H31N3O3S2. The van der Waals surface area contributed by atoms with E-state index in [1.807, 2.05) is 18.2 Å². The fourth-order valence-electron chi connectivity index (χ4n) is 4.76. The third kappa shape index (κ3) is 5.58. The van der Waals surface area contributed by atoms with E-state index in [1.165, 1.54) is 5.56 Å². The van der Waals surface area contributed by atoms with Gasteiger partial charge in [-0.2, -0.15) is 0 Å². The summed E-state index contributed by atoms with van der Waals surface area (Å²) in [5.41, 5.74) is 1.05. The number of benzene rings is 1. The largest absolute Gasteiger partial charge is 0.354 e. The van der Waals surface area contributed by atoms with Crippen molar-refractivity contribution in [3.63, 3.8) is 0 Å². The molecule has 1 aromatic rings. The number of nitrogens with one attached hydrogen (secondary N) is 2. The molecule has 3 aliphatic rings. The number of rotatable bonds is 7. The fraction of sp³-hybridized carbons (Fsp3) is 0.609. The van der Waals surface area contributed by atoms with Crippen molar-refractivity contribution < 1.29 is 14.4 Å². The zero-order valence-electron chi connectivity index (χ0n) is 17.8. The average Bonchev–Trinajstić information content (AvgIpc) is 3.22. The van der Waals surface area contributed by atoms with E-state index in [0.29, 0.717) is 19.5 Å². The van der Waals surface area contributed by atoms with Crippen LogP contribution in [0, 0.1) is 0 Å².